The molecule has 1 aliphatic rings. The summed E-state index contributed by atoms with van der Waals surface area (Å²) in [6, 6.07) is 2.53. The minimum Gasteiger partial charge on any atom is -0.381 e. The first-order chi connectivity index (χ1) is 9.38. The standard InChI is InChI=1S/C14H20N4O/c1-2-7-18-14-12(10-16-18)13(3-6-15-14)17-11-4-8-19-9-5-11/h3,6,10-11H,2,4-5,7-9H2,1H3,(H,15,17). The SMILES string of the molecule is CCCn1ncc2c(NC3CCOCC3)ccnc21. The molecule has 3 heterocycles. The Bertz CT molecular complexity index is 545. The number of rotatable bonds is 4. The fourth-order valence-electron chi connectivity index (χ4n) is 2.54. The van der Waals surface area contributed by atoms with Crippen LogP contribution in [0.4, 0.5) is 5.69 Å². The van der Waals surface area contributed by atoms with Gasteiger partial charge in [-0.25, -0.2) is 9.67 Å². The van der Waals surface area contributed by atoms with E-state index in [0.717, 1.165) is 55.7 Å². The quantitative estimate of drug-likeness (QED) is 0.917. The molecule has 0 aromatic carbocycles. The van der Waals surface area contributed by atoms with Gasteiger partial charge in [0.25, 0.3) is 0 Å². The summed E-state index contributed by atoms with van der Waals surface area (Å²) in [5.41, 5.74) is 2.11. The van der Waals surface area contributed by atoms with Gasteiger partial charge < -0.3 is 10.1 Å². The molecule has 5 nitrogen and oxygen atoms in total. The molecule has 1 fully saturated rings. The summed E-state index contributed by atoms with van der Waals surface area (Å²) in [6.07, 6.45) is 6.97. The van der Waals surface area contributed by atoms with E-state index in [2.05, 4.69) is 22.3 Å². The molecule has 1 N–H and O–H groups in total. The van der Waals surface area contributed by atoms with E-state index in [9.17, 15) is 0 Å². The van der Waals surface area contributed by atoms with E-state index in [-0.39, 0.29) is 0 Å². The molecule has 0 amide bonds. The van der Waals surface area contributed by atoms with Crippen LogP contribution in [0.2, 0.25) is 0 Å². The normalized spacial score (nSPS) is 16.9. The first kappa shape index (κ1) is 12.4. The number of aryl methyl sites for hydroxylation is 1. The summed E-state index contributed by atoms with van der Waals surface area (Å²) in [6.45, 7) is 4.76. The second-order valence-electron chi connectivity index (χ2n) is 4.99. The Morgan fingerprint density at radius 1 is 1.42 bits per heavy atom. The largest absolute Gasteiger partial charge is 0.381 e. The Balaban J connectivity index is 1.86. The van der Waals surface area contributed by atoms with Gasteiger partial charge in [0, 0.05) is 37.7 Å². The second-order valence-corrected chi connectivity index (χ2v) is 4.99. The lowest BCUT2D eigenvalue weighted by Gasteiger charge is -2.24. The molecule has 5 heteroatoms. The lowest BCUT2D eigenvalue weighted by molar-refractivity contribution is 0.0905. The number of ether oxygens (including phenoxy) is 1. The fraction of sp³-hybridized carbons (Fsp3) is 0.571. The predicted octanol–water partition coefficient (Wildman–Crippen LogP) is 2.43. The molecular weight excluding hydrogens is 240 g/mol. The van der Waals surface area contributed by atoms with Crippen LogP contribution in [0.15, 0.2) is 18.5 Å². The van der Waals surface area contributed by atoms with Crippen LogP contribution >= 0.6 is 0 Å². The van der Waals surface area contributed by atoms with Crippen molar-refractivity contribution in [3.05, 3.63) is 18.5 Å². The van der Waals surface area contributed by atoms with Crippen molar-refractivity contribution in [3.63, 3.8) is 0 Å². The maximum absolute atomic E-state index is 5.39. The highest BCUT2D eigenvalue weighted by molar-refractivity contribution is 5.88. The van der Waals surface area contributed by atoms with Gasteiger partial charge in [0.1, 0.15) is 0 Å². The third-order valence-electron chi connectivity index (χ3n) is 3.56. The number of aromatic nitrogens is 3. The van der Waals surface area contributed by atoms with E-state index in [4.69, 9.17) is 4.74 Å². The van der Waals surface area contributed by atoms with Crippen molar-refractivity contribution in [2.24, 2.45) is 0 Å². The maximum Gasteiger partial charge on any atom is 0.159 e. The molecular formula is C14H20N4O. The number of nitrogens with zero attached hydrogens (tertiary/aromatic N) is 3. The van der Waals surface area contributed by atoms with Crippen molar-refractivity contribution in [3.8, 4) is 0 Å². The average Bonchev–Trinajstić information content (AvgIpc) is 2.85. The van der Waals surface area contributed by atoms with Gasteiger partial charge in [-0.15, -0.1) is 0 Å². The van der Waals surface area contributed by atoms with E-state index < -0.39 is 0 Å². The van der Waals surface area contributed by atoms with Gasteiger partial charge in [0.05, 0.1) is 11.6 Å². The Kier molecular flexibility index (Phi) is 3.64. The molecule has 102 valence electrons. The highest BCUT2D eigenvalue weighted by Crippen LogP contribution is 2.23. The third-order valence-corrected chi connectivity index (χ3v) is 3.56. The maximum atomic E-state index is 5.39. The summed E-state index contributed by atoms with van der Waals surface area (Å²) in [5.74, 6) is 0. The Labute approximate surface area is 113 Å². The molecule has 0 bridgehead atoms. The lowest BCUT2D eigenvalue weighted by atomic mass is 10.1. The van der Waals surface area contributed by atoms with Crippen molar-refractivity contribution in [2.75, 3.05) is 18.5 Å². The van der Waals surface area contributed by atoms with Gasteiger partial charge in [-0.05, 0) is 25.3 Å². The summed E-state index contributed by atoms with van der Waals surface area (Å²) >= 11 is 0. The molecule has 0 atom stereocenters. The third kappa shape index (κ3) is 2.56. The Morgan fingerprint density at radius 3 is 3.05 bits per heavy atom. The van der Waals surface area contributed by atoms with Crippen molar-refractivity contribution < 1.29 is 4.74 Å². The molecule has 0 aliphatic carbocycles. The highest BCUT2D eigenvalue weighted by Gasteiger charge is 2.15. The van der Waals surface area contributed by atoms with Crippen LogP contribution < -0.4 is 5.32 Å². The number of pyridine rings is 1. The van der Waals surface area contributed by atoms with Crippen molar-refractivity contribution >= 4 is 16.7 Å². The van der Waals surface area contributed by atoms with Gasteiger partial charge in [0.2, 0.25) is 0 Å². The fourth-order valence-corrected chi connectivity index (χ4v) is 2.54. The summed E-state index contributed by atoms with van der Waals surface area (Å²) in [5, 5.41) is 9.15. The van der Waals surface area contributed by atoms with E-state index in [1.807, 2.05) is 23.1 Å². The van der Waals surface area contributed by atoms with Crippen LogP contribution in [-0.4, -0.2) is 34.0 Å². The highest BCUT2D eigenvalue weighted by atomic mass is 16.5. The van der Waals surface area contributed by atoms with E-state index in [0.29, 0.717) is 6.04 Å². The predicted molar refractivity (Wildman–Crippen MR) is 75.3 cm³/mol. The first-order valence-corrected chi connectivity index (χ1v) is 7.03. The topological polar surface area (TPSA) is 52.0 Å². The van der Waals surface area contributed by atoms with E-state index in [1.54, 1.807) is 0 Å². The molecule has 0 radical (unpaired) electrons. The molecule has 1 aliphatic heterocycles. The van der Waals surface area contributed by atoms with Gasteiger partial charge in [0.15, 0.2) is 5.65 Å². The molecule has 2 aromatic rings. The van der Waals surface area contributed by atoms with Crippen molar-refractivity contribution in [1.82, 2.24) is 14.8 Å². The van der Waals surface area contributed by atoms with Gasteiger partial charge in [-0.1, -0.05) is 6.92 Å². The zero-order chi connectivity index (χ0) is 13.1. The Hall–Kier alpha value is -1.62. The monoisotopic (exact) mass is 260 g/mol. The van der Waals surface area contributed by atoms with Gasteiger partial charge >= 0.3 is 0 Å². The summed E-state index contributed by atoms with van der Waals surface area (Å²) in [4.78, 5) is 4.45. The lowest BCUT2D eigenvalue weighted by Crippen LogP contribution is -2.27. The molecule has 2 aromatic heterocycles. The first-order valence-electron chi connectivity index (χ1n) is 7.03. The van der Waals surface area contributed by atoms with Crippen molar-refractivity contribution in [2.45, 2.75) is 38.8 Å². The van der Waals surface area contributed by atoms with Gasteiger partial charge in [-0.2, -0.15) is 5.10 Å². The molecule has 1 saturated heterocycles. The molecule has 0 spiro atoms. The summed E-state index contributed by atoms with van der Waals surface area (Å²) in [7, 11) is 0. The van der Waals surface area contributed by atoms with Crippen LogP contribution in [0.25, 0.3) is 11.0 Å². The zero-order valence-electron chi connectivity index (χ0n) is 11.3. The van der Waals surface area contributed by atoms with Crippen LogP contribution in [0.1, 0.15) is 26.2 Å². The van der Waals surface area contributed by atoms with Crippen LogP contribution in [0, 0.1) is 0 Å². The number of anilines is 1. The molecule has 19 heavy (non-hydrogen) atoms. The van der Waals surface area contributed by atoms with Gasteiger partial charge in [-0.3, -0.25) is 0 Å². The molecule has 3 rings (SSSR count). The van der Waals surface area contributed by atoms with E-state index in [1.165, 1.54) is 0 Å². The zero-order valence-corrected chi connectivity index (χ0v) is 11.3. The minimum atomic E-state index is 0.494. The Morgan fingerprint density at radius 2 is 2.26 bits per heavy atom. The number of fused-ring (bicyclic) bond motifs is 1. The number of nitrogens with one attached hydrogen (secondary N) is 1. The summed E-state index contributed by atoms with van der Waals surface area (Å²) < 4.78 is 7.37. The molecule has 0 unspecified atom stereocenters. The van der Waals surface area contributed by atoms with Crippen molar-refractivity contribution in [1.29, 1.82) is 0 Å². The molecule has 0 saturated carbocycles. The van der Waals surface area contributed by atoms with E-state index >= 15 is 0 Å². The van der Waals surface area contributed by atoms with Crippen LogP contribution in [0.3, 0.4) is 0 Å². The smallest absolute Gasteiger partial charge is 0.159 e. The van der Waals surface area contributed by atoms with Crippen LogP contribution in [-0.2, 0) is 11.3 Å². The number of hydrogen-bond donors (Lipinski definition) is 1. The van der Waals surface area contributed by atoms with Crippen LogP contribution in [0.5, 0.6) is 0 Å². The number of hydrogen-bond acceptors (Lipinski definition) is 4. The second kappa shape index (κ2) is 5.57. The minimum absolute atomic E-state index is 0.494. The average molecular weight is 260 g/mol.